The minimum Gasteiger partial charge on any atom is -0.0776 e. The molecular formula is C7H18. The Bertz CT molecular complexity index is 27.0. The summed E-state index contributed by atoms with van der Waals surface area (Å²) in [6, 6.07) is 0. The molecule has 1 fully saturated rings. The van der Waals surface area contributed by atoms with Crippen LogP contribution in [0.1, 0.15) is 41.0 Å². The van der Waals surface area contributed by atoms with Crippen LogP contribution in [0.25, 0.3) is 0 Å². The summed E-state index contributed by atoms with van der Waals surface area (Å²) >= 11 is 0. The molecule has 0 aromatic carbocycles. The van der Waals surface area contributed by atoms with E-state index in [2.05, 4.69) is 6.92 Å². The van der Waals surface area contributed by atoms with Crippen molar-refractivity contribution in [2.24, 2.45) is 5.92 Å². The molecule has 0 spiro atoms. The maximum absolute atomic E-state index is 2.31. The minimum atomic E-state index is 0. The zero-order chi connectivity index (χ0) is 3.70. The van der Waals surface area contributed by atoms with Gasteiger partial charge in [-0.25, -0.2) is 0 Å². The molecule has 0 nitrogen and oxygen atoms in total. The lowest BCUT2D eigenvalue weighted by molar-refractivity contribution is 0.346. The number of hydrogen-bond donors (Lipinski definition) is 0. The first-order valence-corrected chi connectivity index (χ1v) is 2.39. The maximum Gasteiger partial charge on any atom is -0.0443 e. The summed E-state index contributed by atoms with van der Waals surface area (Å²) in [4.78, 5) is 0. The van der Waals surface area contributed by atoms with Gasteiger partial charge in [0, 0.05) is 0 Å². The fourth-order valence-corrected chi connectivity index (χ4v) is 0.612. The van der Waals surface area contributed by atoms with E-state index in [-0.39, 0.29) is 14.9 Å². The van der Waals surface area contributed by atoms with Crippen LogP contribution in [0.5, 0.6) is 0 Å². The van der Waals surface area contributed by atoms with Crippen molar-refractivity contribution in [3.05, 3.63) is 0 Å². The topological polar surface area (TPSA) is 0 Å². The Morgan fingerprint density at radius 2 is 1.43 bits per heavy atom. The quantitative estimate of drug-likeness (QED) is 0.441. The van der Waals surface area contributed by atoms with Gasteiger partial charge in [0.1, 0.15) is 0 Å². The fraction of sp³-hybridized carbons (Fsp3) is 1.00. The van der Waals surface area contributed by atoms with E-state index in [1.165, 1.54) is 19.3 Å². The van der Waals surface area contributed by atoms with Gasteiger partial charge < -0.3 is 0 Å². The highest BCUT2D eigenvalue weighted by Crippen LogP contribution is 2.24. The second-order valence-corrected chi connectivity index (χ2v) is 2.04. The van der Waals surface area contributed by atoms with Gasteiger partial charge >= 0.3 is 0 Å². The van der Waals surface area contributed by atoms with Crippen LogP contribution in [-0.2, 0) is 0 Å². The Hall–Kier alpha value is 0. The zero-order valence-electron chi connectivity index (χ0n) is 3.70. The molecule has 0 heteroatoms. The molecule has 0 amide bonds. The third kappa shape index (κ3) is 2.67. The van der Waals surface area contributed by atoms with E-state index in [0.717, 1.165) is 5.92 Å². The van der Waals surface area contributed by atoms with Crippen LogP contribution in [0, 0.1) is 5.92 Å². The summed E-state index contributed by atoms with van der Waals surface area (Å²) in [5, 5.41) is 0. The standard InChI is InChI=1S/C5H10.2CH4/c1-5-3-2-4-5;;/h5H,2-4H2,1H3;2*1H4. The highest BCUT2D eigenvalue weighted by atomic mass is 14.1. The summed E-state index contributed by atoms with van der Waals surface area (Å²) in [6.45, 7) is 2.31. The van der Waals surface area contributed by atoms with Gasteiger partial charge in [0.2, 0.25) is 0 Å². The normalized spacial score (nSPS) is 18.4. The molecule has 0 unspecified atom stereocenters. The molecule has 0 N–H and O–H groups in total. The molecule has 0 atom stereocenters. The van der Waals surface area contributed by atoms with Gasteiger partial charge in [-0.2, -0.15) is 0 Å². The highest BCUT2D eigenvalue weighted by Gasteiger charge is 2.09. The van der Waals surface area contributed by atoms with Crippen molar-refractivity contribution in [3.63, 3.8) is 0 Å². The first-order valence-electron chi connectivity index (χ1n) is 2.39. The summed E-state index contributed by atoms with van der Waals surface area (Å²) in [7, 11) is 0. The third-order valence-electron chi connectivity index (χ3n) is 1.39. The molecule has 1 aliphatic rings. The molecule has 0 bridgehead atoms. The first-order chi connectivity index (χ1) is 2.39. The summed E-state index contributed by atoms with van der Waals surface area (Å²) < 4.78 is 0. The largest absolute Gasteiger partial charge is 0.0776 e. The van der Waals surface area contributed by atoms with Gasteiger partial charge in [-0.1, -0.05) is 41.0 Å². The molecular weight excluding hydrogens is 84.1 g/mol. The average molecular weight is 102 g/mol. The lowest BCUT2D eigenvalue weighted by atomic mass is 9.88. The van der Waals surface area contributed by atoms with Crippen molar-refractivity contribution in [3.8, 4) is 0 Å². The Balaban J connectivity index is 0. The van der Waals surface area contributed by atoms with Crippen molar-refractivity contribution < 1.29 is 0 Å². The second kappa shape index (κ2) is 4.17. The first kappa shape index (κ1) is 10.1. The van der Waals surface area contributed by atoms with Gasteiger partial charge in [-0.3, -0.25) is 0 Å². The molecule has 0 aliphatic heterocycles. The molecule has 0 heterocycles. The predicted molar refractivity (Wildman–Crippen MR) is 36.5 cm³/mol. The Morgan fingerprint density at radius 3 is 1.43 bits per heavy atom. The molecule has 1 rings (SSSR count). The van der Waals surface area contributed by atoms with Crippen LogP contribution in [0.15, 0.2) is 0 Å². The highest BCUT2D eigenvalue weighted by molar-refractivity contribution is 4.62. The minimum absolute atomic E-state index is 0. The van der Waals surface area contributed by atoms with Gasteiger partial charge in [-0.15, -0.1) is 0 Å². The van der Waals surface area contributed by atoms with E-state index in [4.69, 9.17) is 0 Å². The average Bonchev–Trinajstić information content (AvgIpc) is 1.30. The maximum atomic E-state index is 2.31. The van der Waals surface area contributed by atoms with Gasteiger partial charge in [0.05, 0.1) is 0 Å². The zero-order valence-corrected chi connectivity index (χ0v) is 3.70. The SMILES string of the molecule is C.C.CC1CCC1. The van der Waals surface area contributed by atoms with Crippen LogP contribution < -0.4 is 0 Å². The van der Waals surface area contributed by atoms with E-state index in [9.17, 15) is 0 Å². The molecule has 46 valence electrons. The fourth-order valence-electron chi connectivity index (χ4n) is 0.612. The van der Waals surface area contributed by atoms with Crippen LogP contribution in [0.4, 0.5) is 0 Å². The van der Waals surface area contributed by atoms with Gasteiger partial charge in [0.25, 0.3) is 0 Å². The van der Waals surface area contributed by atoms with Crippen LogP contribution in [-0.4, -0.2) is 0 Å². The molecule has 7 heavy (non-hydrogen) atoms. The van der Waals surface area contributed by atoms with Crippen LogP contribution >= 0.6 is 0 Å². The van der Waals surface area contributed by atoms with Crippen LogP contribution in [0.3, 0.4) is 0 Å². The molecule has 0 radical (unpaired) electrons. The van der Waals surface area contributed by atoms with Crippen LogP contribution in [0.2, 0.25) is 0 Å². The molecule has 0 saturated heterocycles. The Labute approximate surface area is 47.9 Å². The van der Waals surface area contributed by atoms with Crippen molar-refractivity contribution in [1.29, 1.82) is 0 Å². The lowest BCUT2D eigenvalue weighted by Gasteiger charge is -2.18. The summed E-state index contributed by atoms with van der Waals surface area (Å²) in [5.74, 6) is 1.06. The molecule has 0 aromatic heterocycles. The van der Waals surface area contributed by atoms with Crippen molar-refractivity contribution in [2.75, 3.05) is 0 Å². The van der Waals surface area contributed by atoms with Crippen molar-refractivity contribution in [2.45, 2.75) is 41.0 Å². The smallest absolute Gasteiger partial charge is 0.0443 e. The lowest BCUT2D eigenvalue weighted by Crippen LogP contribution is -2.04. The molecule has 1 saturated carbocycles. The second-order valence-electron chi connectivity index (χ2n) is 2.04. The Morgan fingerprint density at radius 1 is 1.14 bits per heavy atom. The molecule has 1 aliphatic carbocycles. The van der Waals surface area contributed by atoms with E-state index in [1.54, 1.807) is 0 Å². The summed E-state index contributed by atoms with van der Waals surface area (Å²) in [6.07, 6.45) is 4.46. The Kier molecular flexibility index (Phi) is 6.00. The van der Waals surface area contributed by atoms with Gasteiger partial charge in [-0.05, 0) is 5.92 Å². The predicted octanol–water partition coefficient (Wildman–Crippen LogP) is 3.08. The third-order valence-corrected chi connectivity index (χ3v) is 1.39. The van der Waals surface area contributed by atoms with Crippen molar-refractivity contribution in [1.82, 2.24) is 0 Å². The monoisotopic (exact) mass is 102 g/mol. The number of hydrogen-bond acceptors (Lipinski definition) is 0. The van der Waals surface area contributed by atoms with Crippen molar-refractivity contribution >= 4 is 0 Å². The van der Waals surface area contributed by atoms with E-state index in [0.29, 0.717) is 0 Å². The van der Waals surface area contributed by atoms with E-state index < -0.39 is 0 Å². The van der Waals surface area contributed by atoms with E-state index in [1.807, 2.05) is 0 Å². The summed E-state index contributed by atoms with van der Waals surface area (Å²) in [5.41, 5.74) is 0. The van der Waals surface area contributed by atoms with E-state index >= 15 is 0 Å². The molecule has 0 aromatic rings. The number of rotatable bonds is 0. The van der Waals surface area contributed by atoms with Gasteiger partial charge in [0.15, 0.2) is 0 Å².